The van der Waals surface area contributed by atoms with Crippen molar-refractivity contribution in [2.24, 2.45) is 0 Å². The molecule has 0 fully saturated rings. The lowest BCUT2D eigenvalue weighted by Gasteiger charge is -2.11. The zero-order valence-corrected chi connectivity index (χ0v) is 15.3. The lowest BCUT2D eigenvalue weighted by Crippen LogP contribution is -2.03. The molecule has 0 spiro atoms. The Morgan fingerprint density at radius 2 is 1.85 bits per heavy atom. The normalized spacial score (nSPS) is 11.2. The predicted octanol–water partition coefficient (Wildman–Crippen LogP) is 5.56. The van der Waals surface area contributed by atoms with Gasteiger partial charge in [0, 0.05) is 12.7 Å². The lowest BCUT2D eigenvalue weighted by molar-refractivity contribution is 0.624. The van der Waals surface area contributed by atoms with Crippen LogP contribution in [0, 0.1) is 19.7 Å². The van der Waals surface area contributed by atoms with E-state index in [1.807, 2.05) is 18.2 Å². The van der Waals surface area contributed by atoms with Crippen LogP contribution in [0.1, 0.15) is 16.7 Å². The zero-order chi connectivity index (χ0) is 18.3. The van der Waals surface area contributed by atoms with Gasteiger partial charge in [-0.2, -0.15) is 0 Å². The fourth-order valence-electron chi connectivity index (χ4n) is 3.12. The standard InChI is InChI=1S/C21H17ClFN3/c1-13-9-18-19(10-14(13)2)26(12-15-5-3-6-16(23)11-15)21(25-18)17-7-4-8-24-20(17)22/h3-11H,12H2,1-2H3. The van der Waals surface area contributed by atoms with E-state index in [1.165, 1.54) is 17.2 Å². The molecule has 0 atom stereocenters. The molecule has 2 aromatic heterocycles. The molecule has 0 aliphatic rings. The number of fused-ring (bicyclic) bond motifs is 1. The Morgan fingerprint density at radius 1 is 1.04 bits per heavy atom. The van der Waals surface area contributed by atoms with Crippen molar-refractivity contribution in [3.05, 3.63) is 82.4 Å². The van der Waals surface area contributed by atoms with Crippen molar-refractivity contribution in [3.8, 4) is 11.4 Å². The Kier molecular flexibility index (Phi) is 4.21. The van der Waals surface area contributed by atoms with E-state index in [0.29, 0.717) is 11.7 Å². The van der Waals surface area contributed by atoms with Crippen LogP contribution >= 0.6 is 11.6 Å². The second kappa shape index (κ2) is 6.54. The van der Waals surface area contributed by atoms with Crippen LogP contribution < -0.4 is 0 Å². The van der Waals surface area contributed by atoms with Gasteiger partial charge in [0.25, 0.3) is 0 Å². The number of nitrogens with zero attached hydrogens (tertiary/aromatic N) is 3. The maximum absolute atomic E-state index is 13.7. The summed E-state index contributed by atoms with van der Waals surface area (Å²) in [6, 6.07) is 14.5. The highest BCUT2D eigenvalue weighted by molar-refractivity contribution is 6.32. The van der Waals surface area contributed by atoms with Crippen LogP contribution in [0.4, 0.5) is 4.39 Å². The third-order valence-corrected chi connectivity index (χ3v) is 4.89. The Bertz CT molecular complexity index is 1120. The van der Waals surface area contributed by atoms with Gasteiger partial charge in [-0.25, -0.2) is 14.4 Å². The van der Waals surface area contributed by atoms with Crippen molar-refractivity contribution in [3.63, 3.8) is 0 Å². The second-order valence-corrected chi connectivity index (χ2v) is 6.78. The number of hydrogen-bond donors (Lipinski definition) is 0. The van der Waals surface area contributed by atoms with Gasteiger partial charge >= 0.3 is 0 Å². The molecule has 4 rings (SSSR count). The molecular weight excluding hydrogens is 349 g/mol. The van der Waals surface area contributed by atoms with Crippen molar-refractivity contribution in [2.45, 2.75) is 20.4 Å². The third-order valence-electron chi connectivity index (χ3n) is 4.59. The van der Waals surface area contributed by atoms with E-state index in [0.717, 1.165) is 28.0 Å². The number of halogens is 2. The van der Waals surface area contributed by atoms with Gasteiger partial charge in [0.15, 0.2) is 0 Å². The maximum atomic E-state index is 13.7. The minimum Gasteiger partial charge on any atom is -0.319 e. The predicted molar refractivity (Wildman–Crippen MR) is 103 cm³/mol. The summed E-state index contributed by atoms with van der Waals surface area (Å²) >= 11 is 6.32. The first-order valence-electron chi connectivity index (χ1n) is 8.36. The van der Waals surface area contributed by atoms with Gasteiger partial charge in [-0.1, -0.05) is 23.7 Å². The Balaban J connectivity index is 1.97. The minimum absolute atomic E-state index is 0.250. The van der Waals surface area contributed by atoms with Gasteiger partial charge in [-0.3, -0.25) is 0 Å². The van der Waals surface area contributed by atoms with Crippen molar-refractivity contribution in [2.75, 3.05) is 0 Å². The Hall–Kier alpha value is -2.72. The molecule has 0 saturated carbocycles. The fourth-order valence-corrected chi connectivity index (χ4v) is 3.32. The van der Waals surface area contributed by atoms with E-state index in [2.05, 4.69) is 35.5 Å². The molecule has 4 aromatic rings. The minimum atomic E-state index is -0.250. The number of benzene rings is 2. The summed E-state index contributed by atoms with van der Waals surface area (Å²) in [7, 11) is 0. The van der Waals surface area contributed by atoms with Crippen LogP contribution in [0.3, 0.4) is 0 Å². The highest BCUT2D eigenvalue weighted by atomic mass is 35.5. The van der Waals surface area contributed by atoms with Gasteiger partial charge in [-0.15, -0.1) is 0 Å². The molecule has 0 aliphatic carbocycles. The first kappa shape index (κ1) is 16.7. The van der Waals surface area contributed by atoms with Gasteiger partial charge in [-0.05, 0) is 66.9 Å². The van der Waals surface area contributed by atoms with Crippen molar-refractivity contribution < 1.29 is 4.39 Å². The van der Waals surface area contributed by atoms with Crippen LogP contribution in [0.15, 0.2) is 54.7 Å². The monoisotopic (exact) mass is 365 g/mol. The zero-order valence-electron chi connectivity index (χ0n) is 14.5. The summed E-state index contributed by atoms with van der Waals surface area (Å²) in [5.74, 6) is 0.479. The Labute approximate surface area is 156 Å². The molecule has 0 N–H and O–H groups in total. The van der Waals surface area contributed by atoms with E-state index in [9.17, 15) is 4.39 Å². The van der Waals surface area contributed by atoms with E-state index in [4.69, 9.17) is 16.6 Å². The molecule has 0 aliphatic heterocycles. The highest BCUT2D eigenvalue weighted by Gasteiger charge is 2.17. The third kappa shape index (κ3) is 2.97. The van der Waals surface area contributed by atoms with E-state index >= 15 is 0 Å². The molecule has 130 valence electrons. The van der Waals surface area contributed by atoms with E-state index in [-0.39, 0.29) is 5.82 Å². The molecule has 2 aromatic carbocycles. The maximum Gasteiger partial charge on any atom is 0.144 e. The topological polar surface area (TPSA) is 30.7 Å². The van der Waals surface area contributed by atoms with Gasteiger partial charge in [0.1, 0.15) is 16.8 Å². The number of hydrogen-bond acceptors (Lipinski definition) is 2. The summed E-state index contributed by atoms with van der Waals surface area (Å²) in [6.07, 6.45) is 1.65. The summed E-state index contributed by atoms with van der Waals surface area (Å²) in [5.41, 5.74) is 5.87. The number of aromatic nitrogens is 3. The van der Waals surface area contributed by atoms with Gasteiger partial charge < -0.3 is 4.57 Å². The highest BCUT2D eigenvalue weighted by Crippen LogP contribution is 2.31. The number of imidazole rings is 1. The van der Waals surface area contributed by atoms with Crippen molar-refractivity contribution in [1.29, 1.82) is 0 Å². The van der Waals surface area contributed by atoms with Crippen LogP contribution in [-0.4, -0.2) is 14.5 Å². The van der Waals surface area contributed by atoms with Crippen LogP contribution in [-0.2, 0) is 6.54 Å². The molecule has 26 heavy (non-hydrogen) atoms. The average molecular weight is 366 g/mol. The molecule has 5 heteroatoms. The largest absolute Gasteiger partial charge is 0.319 e. The Morgan fingerprint density at radius 3 is 2.62 bits per heavy atom. The average Bonchev–Trinajstić information content (AvgIpc) is 2.93. The molecule has 0 radical (unpaired) electrons. The first-order valence-corrected chi connectivity index (χ1v) is 8.73. The SMILES string of the molecule is Cc1cc2nc(-c3cccnc3Cl)n(Cc3cccc(F)c3)c2cc1C. The number of aryl methyl sites for hydroxylation is 2. The molecule has 0 unspecified atom stereocenters. The summed E-state index contributed by atoms with van der Waals surface area (Å²) in [5, 5.41) is 0.400. The quantitative estimate of drug-likeness (QED) is 0.445. The van der Waals surface area contributed by atoms with E-state index in [1.54, 1.807) is 18.3 Å². The summed E-state index contributed by atoms with van der Waals surface area (Å²) in [6.45, 7) is 4.64. The molecular formula is C21H17ClFN3. The molecule has 3 nitrogen and oxygen atoms in total. The first-order chi connectivity index (χ1) is 12.5. The van der Waals surface area contributed by atoms with Crippen LogP contribution in [0.5, 0.6) is 0 Å². The van der Waals surface area contributed by atoms with Crippen LogP contribution in [0.25, 0.3) is 22.4 Å². The molecule has 0 amide bonds. The molecule has 0 saturated heterocycles. The summed E-state index contributed by atoms with van der Waals surface area (Å²) in [4.78, 5) is 8.98. The van der Waals surface area contributed by atoms with Crippen molar-refractivity contribution in [1.82, 2.24) is 14.5 Å². The summed E-state index contributed by atoms with van der Waals surface area (Å²) < 4.78 is 15.7. The fraction of sp³-hybridized carbons (Fsp3) is 0.143. The number of pyridine rings is 1. The van der Waals surface area contributed by atoms with Gasteiger partial charge in [0.05, 0.1) is 16.6 Å². The number of rotatable bonds is 3. The van der Waals surface area contributed by atoms with Crippen LogP contribution in [0.2, 0.25) is 5.15 Å². The second-order valence-electron chi connectivity index (χ2n) is 6.42. The smallest absolute Gasteiger partial charge is 0.144 e. The van der Waals surface area contributed by atoms with Gasteiger partial charge in [0.2, 0.25) is 0 Å². The lowest BCUT2D eigenvalue weighted by atomic mass is 10.1. The van der Waals surface area contributed by atoms with Crippen molar-refractivity contribution >= 4 is 22.6 Å². The van der Waals surface area contributed by atoms with E-state index < -0.39 is 0 Å². The molecule has 2 heterocycles. The molecule has 0 bridgehead atoms.